The van der Waals surface area contributed by atoms with Gasteiger partial charge in [-0.3, -0.25) is 9.59 Å². The molecule has 1 atom stereocenters. The molecule has 9 heteroatoms. The van der Waals surface area contributed by atoms with E-state index in [1.54, 1.807) is 34.9 Å². The molecule has 1 aliphatic rings. The number of halogens is 1. The van der Waals surface area contributed by atoms with Gasteiger partial charge in [0.2, 0.25) is 5.91 Å². The zero-order chi connectivity index (χ0) is 27.7. The van der Waals surface area contributed by atoms with Crippen molar-refractivity contribution >= 4 is 17.5 Å². The van der Waals surface area contributed by atoms with E-state index in [0.717, 1.165) is 22.4 Å². The third-order valence-corrected chi connectivity index (χ3v) is 7.16. The highest BCUT2D eigenvalue weighted by Gasteiger charge is 2.31. The largest absolute Gasteiger partial charge is 0.497 e. The SMILES string of the molecule is COc1cccc(CC(=O)N2CCN(C(=O)c3cn4nc(-c5ccc(F)cc5)cc(C(C)C)c4n3)C[C@@H]2C)c1. The molecule has 3 heterocycles. The summed E-state index contributed by atoms with van der Waals surface area (Å²) in [5, 5.41) is 4.67. The first-order valence-corrected chi connectivity index (χ1v) is 13.1. The Labute approximate surface area is 227 Å². The van der Waals surface area contributed by atoms with E-state index >= 15 is 0 Å². The van der Waals surface area contributed by atoms with Crippen molar-refractivity contribution in [2.45, 2.75) is 39.2 Å². The third kappa shape index (κ3) is 5.48. The fourth-order valence-electron chi connectivity index (χ4n) is 5.02. The summed E-state index contributed by atoms with van der Waals surface area (Å²) >= 11 is 0. The lowest BCUT2D eigenvalue weighted by molar-refractivity contribution is -0.134. The van der Waals surface area contributed by atoms with E-state index in [4.69, 9.17) is 4.74 Å². The van der Waals surface area contributed by atoms with Crippen molar-refractivity contribution in [1.29, 1.82) is 0 Å². The molecule has 5 rings (SSSR count). The van der Waals surface area contributed by atoms with Crippen molar-refractivity contribution in [1.82, 2.24) is 24.4 Å². The lowest BCUT2D eigenvalue weighted by atomic mass is 10.0. The molecule has 0 bridgehead atoms. The summed E-state index contributed by atoms with van der Waals surface area (Å²) in [6.07, 6.45) is 1.93. The Hall–Kier alpha value is -4.27. The van der Waals surface area contributed by atoms with Gasteiger partial charge in [-0.15, -0.1) is 0 Å². The van der Waals surface area contributed by atoms with E-state index in [2.05, 4.69) is 23.9 Å². The number of imidazole rings is 1. The number of carbonyl (C=O) groups is 2. The molecule has 1 aliphatic heterocycles. The number of rotatable bonds is 6. The molecule has 0 aliphatic carbocycles. The van der Waals surface area contributed by atoms with Crippen LogP contribution in [-0.2, 0) is 11.2 Å². The Morgan fingerprint density at radius 1 is 1.10 bits per heavy atom. The van der Waals surface area contributed by atoms with E-state index in [-0.39, 0.29) is 36.0 Å². The lowest BCUT2D eigenvalue weighted by Gasteiger charge is -2.39. The van der Waals surface area contributed by atoms with E-state index in [1.807, 2.05) is 42.2 Å². The molecule has 8 nitrogen and oxygen atoms in total. The standard InChI is InChI=1S/C30H32FN5O3/c1-19(2)25-16-26(22-8-10-23(31)11-9-22)33-36-18-27(32-29(25)36)30(38)34-12-13-35(20(3)17-34)28(37)15-21-6-5-7-24(14-21)39-4/h5-11,14,16,18-20H,12-13,15,17H2,1-4H3/t20-/m0/s1. The number of piperazine rings is 1. The van der Waals surface area contributed by atoms with Crippen LogP contribution in [0.1, 0.15) is 48.3 Å². The highest BCUT2D eigenvalue weighted by Crippen LogP contribution is 2.26. The molecular weight excluding hydrogens is 497 g/mol. The highest BCUT2D eigenvalue weighted by atomic mass is 19.1. The van der Waals surface area contributed by atoms with E-state index in [9.17, 15) is 14.0 Å². The van der Waals surface area contributed by atoms with Gasteiger partial charge < -0.3 is 14.5 Å². The number of hydrogen-bond acceptors (Lipinski definition) is 5. The number of hydrogen-bond donors (Lipinski definition) is 0. The topological polar surface area (TPSA) is 80.0 Å². The quantitative estimate of drug-likeness (QED) is 0.365. The fourth-order valence-corrected chi connectivity index (χ4v) is 5.02. The Kier molecular flexibility index (Phi) is 7.32. The predicted molar refractivity (Wildman–Crippen MR) is 146 cm³/mol. The van der Waals surface area contributed by atoms with E-state index in [1.165, 1.54) is 12.1 Å². The molecule has 1 fully saturated rings. The number of aromatic nitrogens is 3. The molecule has 0 spiro atoms. The Balaban J connectivity index is 1.33. The van der Waals surface area contributed by atoms with E-state index < -0.39 is 0 Å². The first-order valence-electron chi connectivity index (χ1n) is 13.1. The van der Waals surface area contributed by atoms with Crippen molar-refractivity contribution in [2.24, 2.45) is 0 Å². The normalized spacial score (nSPS) is 15.7. The highest BCUT2D eigenvalue weighted by molar-refractivity contribution is 5.93. The van der Waals surface area contributed by atoms with Crippen molar-refractivity contribution in [3.8, 4) is 17.0 Å². The van der Waals surface area contributed by atoms with Gasteiger partial charge in [-0.05, 0) is 60.9 Å². The van der Waals surface area contributed by atoms with Crippen molar-refractivity contribution in [3.63, 3.8) is 0 Å². The molecule has 0 unspecified atom stereocenters. The van der Waals surface area contributed by atoms with Crippen LogP contribution in [0.5, 0.6) is 5.75 Å². The molecule has 0 radical (unpaired) electrons. The number of carbonyl (C=O) groups excluding carboxylic acids is 2. The molecule has 2 aromatic heterocycles. The van der Waals surface area contributed by atoms with Crippen LogP contribution < -0.4 is 4.74 Å². The molecule has 202 valence electrons. The Bertz CT molecular complexity index is 1520. The zero-order valence-corrected chi connectivity index (χ0v) is 22.6. The zero-order valence-electron chi connectivity index (χ0n) is 22.6. The minimum absolute atomic E-state index is 0.0229. The first kappa shape index (κ1) is 26.3. The number of ether oxygens (including phenoxy) is 1. The molecule has 1 saturated heterocycles. The van der Waals surface area contributed by atoms with Gasteiger partial charge in [-0.25, -0.2) is 13.9 Å². The monoisotopic (exact) mass is 529 g/mol. The molecule has 0 saturated carbocycles. The summed E-state index contributed by atoms with van der Waals surface area (Å²) in [5.41, 5.74) is 4.24. The number of nitrogens with zero attached hydrogens (tertiary/aromatic N) is 5. The number of fused-ring (bicyclic) bond motifs is 1. The maximum atomic E-state index is 13.5. The first-order chi connectivity index (χ1) is 18.7. The van der Waals surface area contributed by atoms with Gasteiger partial charge in [0.05, 0.1) is 25.4 Å². The fraction of sp³-hybridized carbons (Fsp3) is 0.333. The molecule has 39 heavy (non-hydrogen) atoms. The molecule has 4 aromatic rings. The number of methoxy groups -OCH3 is 1. The maximum Gasteiger partial charge on any atom is 0.274 e. The second-order valence-electron chi connectivity index (χ2n) is 10.3. The van der Waals surface area contributed by atoms with Gasteiger partial charge >= 0.3 is 0 Å². The summed E-state index contributed by atoms with van der Waals surface area (Å²) in [7, 11) is 1.60. The van der Waals surface area contributed by atoms with Crippen LogP contribution in [0.4, 0.5) is 4.39 Å². The average molecular weight is 530 g/mol. The van der Waals surface area contributed by atoms with Gasteiger partial charge in [0.15, 0.2) is 5.65 Å². The van der Waals surface area contributed by atoms with Gasteiger partial charge in [0, 0.05) is 36.8 Å². The van der Waals surface area contributed by atoms with Crippen LogP contribution >= 0.6 is 0 Å². The van der Waals surface area contributed by atoms with Crippen LogP contribution in [0.2, 0.25) is 0 Å². The Morgan fingerprint density at radius 3 is 2.56 bits per heavy atom. The molecule has 0 N–H and O–H groups in total. The van der Waals surface area contributed by atoms with Crippen LogP contribution in [-0.4, -0.2) is 69.0 Å². The van der Waals surface area contributed by atoms with Gasteiger partial charge in [-0.2, -0.15) is 5.10 Å². The average Bonchev–Trinajstić information content (AvgIpc) is 3.36. The van der Waals surface area contributed by atoms with Gasteiger partial charge in [0.25, 0.3) is 5.91 Å². The van der Waals surface area contributed by atoms with Crippen LogP contribution in [0.15, 0.2) is 60.8 Å². The predicted octanol–water partition coefficient (Wildman–Crippen LogP) is 4.58. The van der Waals surface area contributed by atoms with Gasteiger partial charge in [-0.1, -0.05) is 26.0 Å². The smallest absolute Gasteiger partial charge is 0.274 e. The minimum atomic E-state index is -0.309. The summed E-state index contributed by atoms with van der Waals surface area (Å²) in [6, 6.07) is 15.5. The van der Waals surface area contributed by atoms with Crippen LogP contribution in [0.3, 0.4) is 0 Å². The summed E-state index contributed by atoms with van der Waals surface area (Å²) < 4.78 is 20.4. The number of benzene rings is 2. The minimum Gasteiger partial charge on any atom is -0.497 e. The van der Waals surface area contributed by atoms with Crippen LogP contribution in [0.25, 0.3) is 16.9 Å². The Morgan fingerprint density at radius 2 is 1.87 bits per heavy atom. The maximum absolute atomic E-state index is 13.5. The second kappa shape index (κ2) is 10.8. The van der Waals surface area contributed by atoms with Gasteiger partial charge in [0.1, 0.15) is 17.3 Å². The number of amides is 2. The molecule has 2 aromatic carbocycles. The van der Waals surface area contributed by atoms with Crippen molar-refractivity contribution < 1.29 is 18.7 Å². The third-order valence-electron chi connectivity index (χ3n) is 7.16. The molecular formula is C30H32FN5O3. The summed E-state index contributed by atoms with van der Waals surface area (Å²) in [5.74, 6) is 0.381. The van der Waals surface area contributed by atoms with Crippen LogP contribution in [0, 0.1) is 5.82 Å². The van der Waals surface area contributed by atoms with Crippen molar-refractivity contribution in [2.75, 3.05) is 26.7 Å². The summed E-state index contributed by atoms with van der Waals surface area (Å²) in [6.45, 7) is 7.37. The summed E-state index contributed by atoms with van der Waals surface area (Å²) in [4.78, 5) is 34.8. The second-order valence-corrected chi connectivity index (χ2v) is 10.3. The van der Waals surface area contributed by atoms with E-state index in [0.29, 0.717) is 36.7 Å². The van der Waals surface area contributed by atoms with Crippen molar-refractivity contribution in [3.05, 3.63) is 83.4 Å². The molecule has 2 amide bonds. The lowest BCUT2D eigenvalue weighted by Crippen LogP contribution is -2.55.